The second-order valence-electron chi connectivity index (χ2n) is 7.45. The average molecular weight is 455 g/mol. The van der Waals surface area contributed by atoms with E-state index in [0.29, 0.717) is 22.5 Å². The second-order valence-corrected chi connectivity index (χ2v) is 9.56. The zero-order valence-corrected chi connectivity index (χ0v) is 18.7. The van der Waals surface area contributed by atoms with Crippen molar-refractivity contribution in [3.63, 3.8) is 0 Å². The smallest absolute Gasteiger partial charge is 0.339 e. The zero-order valence-electron chi connectivity index (χ0n) is 17.9. The van der Waals surface area contributed by atoms with E-state index in [-0.39, 0.29) is 35.0 Å². The van der Waals surface area contributed by atoms with Crippen molar-refractivity contribution in [2.75, 3.05) is 12.4 Å². The second kappa shape index (κ2) is 8.58. The predicted octanol–water partition coefficient (Wildman–Crippen LogP) is 4.43. The molecule has 32 heavy (non-hydrogen) atoms. The van der Waals surface area contributed by atoms with Gasteiger partial charge in [0.05, 0.1) is 39.6 Å². The summed E-state index contributed by atoms with van der Waals surface area (Å²) in [4.78, 5) is 17.6. The van der Waals surface area contributed by atoms with Gasteiger partial charge in [0.15, 0.2) is 9.84 Å². The molecule has 0 radical (unpaired) electrons. The summed E-state index contributed by atoms with van der Waals surface area (Å²) in [5, 5.41) is 4.38. The number of furan rings is 1. The molecule has 0 unspecified atom stereocenters. The topological polar surface area (TPSA) is 113 Å². The average Bonchev–Trinajstić information content (AvgIpc) is 3.32. The van der Waals surface area contributed by atoms with Crippen molar-refractivity contribution in [1.29, 1.82) is 0 Å². The van der Waals surface area contributed by atoms with E-state index in [1.807, 2.05) is 19.9 Å². The molecule has 0 aliphatic carbocycles. The lowest BCUT2D eigenvalue weighted by atomic mass is 10.1. The van der Waals surface area contributed by atoms with E-state index in [1.165, 1.54) is 0 Å². The predicted molar refractivity (Wildman–Crippen MR) is 117 cm³/mol. The van der Waals surface area contributed by atoms with Gasteiger partial charge in [0.1, 0.15) is 11.5 Å². The van der Waals surface area contributed by atoms with E-state index >= 15 is 0 Å². The van der Waals surface area contributed by atoms with Crippen LogP contribution in [0.4, 0.5) is 0 Å². The van der Waals surface area contributed by atoms with Gasteiger partial charge in [-0.1, -0.05) is 23.4 Å². The molecule has 3 heterocycles. The Kier molecular flexibility index (Phi) is 5.84. The number of carbonyl (C=O) groups is 1. The van der Waals surface area contributed by atoms with Crippen LogP contribution in [0.5, 0.6) is 0 Å². The number of ether oxygens (including phenoxy) is 1. The van der Waals surface area contributed by atoms with E-state index in [0.717, 1.165) is 11.3 Å². The molecule has 3 aromatic heterocycles. The van der Waals surface area contributed by atoms with Gasteiger partial charge >= 0.3 is 5.97 Å². The Hall–Kier alpha value is -3.46. The standard InChI is InChI=1S/C23H22N2O6S/c1-14-12-18(16(3)30-14)20-13-19(21-15(2)25-31-22(21)24-20)23(26)29-10-7-11-32(27,28)17-8-5-4-6-9-17/h4-6,8-9,12-13H,7,10-11H2,1-3H3. The maximum Gasteiger partial charge on any atom is 0.339 e. The number of sulfone groups is 1. The normalized spacial score (nSPS) is 11.7. The van der Waals surface area contributed by atoms with Crippen molar-refractivity contribution in [2.24, 2.45) is 0 Å². The molecule has 1 aromatic carbocycles. The molecule has 0 atom stereocenters. The molecule has 0 amide bonds. The molecule has 166 valence electrons. The number of hydrogen-bond donors (Lipinski definition) is 0. The molecular weight excluding hydrogens is 432 g/mol. The SMILES string of the molecule is Cc1cc(-c2cc(C(=O)OCCCS(=O)(=O)c3ccccc3)c3c(C)noc3n2)c(C)o1. The Morgan fingerprint density at radius 2 is 1.84 bits per heavy atom. The molecule has 0 spiro atoms. The summed E-state index contributed by atoms with van der Waals surface area (Å²) in [6, 6.07) is 11.6. The van der Waals surface area contributed by atoms with E-state index in [4.69, 9.17) is 13.7 Å². The zero-order chi connectivity index (χ0) is 22.9. The van der Waals surface area contributed by atoms with Crippen LogP contribution in [0, 0.1) is 20.8 Å². The minimum absolute atomic E-state index is 0.0434. The van der Waals surface area contributed by atoms with Crippen molar-refractivity contribution in [1.82, 2.24) is 10.1 Å². The largest absolute Gasteiger partial charge is 0.466 e. The van der Waals surface area contributed by atoms with Gasteiger partial charge in [-0.3, -0.25) is 0 Å². The highest BCUT2D eigenvalue weighted by atomic mass is 32.2. The molecule has 0 bridgehead atoms. The fourth-order valence-electron chi connectivity index (χ4n) is 3.52. The molecule has 8 nitrogen and oxygen atoms in total. The summed E-state index contributed by atoms with van der Waals surface area (Å²) in [7, 11) is -3.44. The van der Waals surface area contributed by atoms with Gasteiger partial charge in [0.2, 0.25) is 0 Å². The Bertz CT molecular complexity index is 1390. The Morgan fingerprint density at radius 1 is 1.09 bits per heavy atom. The van der Waals surface area contributed by atoms with E-state index in [1.54, 1.807) is 43.3 Å². The summed E-state index contributed by atoms with van der Waals surface area (Å²) in [6.45, 7) is 5.30. The van der Waals surface area contributed by atoms with Gasteiger partial charge in [0.25, 0.3) is 5.71 Å². The first-order chi connectivity index (χ1) is 15.3. The van der Waals surface area contributed by atoms with E-state index < -0.39 is 15.8 Å². The fraction of sp³-hybridized carbons (Fsp3) is 0.261. The van der Waals surface area contributed by atoms with Crippen LogP contribution in [0.15, 0.2) is 56.3 Å². The number of aryl methyl sites for hydroxylation is 3. The van der Waals surface area contributed by atoms with Gasteiger partial charge in [-0.25, -0.2) is 18.2 Å². The molecule has 9 heteroatoms. The maximum absolute atomic E-state index is 12.9. The minimum atomic E-state index is -3.44. The van der Waals surface area contributed by atoms with Crippen LogP contribution in [-0.2, 0) is 14.6 Å². The van der Waals surface area contributed by atoms with Crippen LogP contribution >= 0.6 is 0 Å². The minimum Gasteiger partial charge on any atom is -0.466 e. The van der Waals surface area contributed by atoms with Crippen molar-refractivity contribution >= 4 is 26.9 Å². The number of rotatable bonds is 7. The quantitative estimate of drug-likeness (QED) is 0.298. The molecule has 0 N–H and O–H groups in total. The number of pyridine rings is 1. The molecule has 4 aromatic rings. The highest BCUT2D eigenvalue weighted by molar-refractivity contribution is 7.91. The van der Waals surface area contributed by atoms with Crippen molar-refractivity contribution < 1.29 is 26.9 Å². The Labute approximate surface area is 185 Å². The monoisotopic (exact) mass is 454 g/mol. The van der Waals surface area contributed by atoms with Crippen LogP contribution in [-0.4, -0.2) is 36.9 Å². The third kappa shape index (κ3) is 4.29. The third-order valence-electron chi connectivity index (χ3n) is 5.05. The van der Waals surface area contributed by atoms with Crippen LogP contribution < -0.4 is 0 Å². The summed E-state index contributed by atoms with van der Waals surface area (Å²) in [6.07, 6.45) is 0.173. The van der Waals surface area contributed by atoms with Gasteiger partial charge in [0, 0.05) is 5.56 Å². The third-order valence-corrected chi connectivity index (χ3v) is 6.86. The number of aromatic nitrogens is 2. The lowest BCUT2D eigenvalue weighted by molar-refractivity contribution is 0.0508. The number of fused-ring (bicyclic) bond motifs is 1. The number of carbonyl (C=O) groups excluding carboxylic acids is 1. The van der Waals surface area contributed by atoms with Gasteiger partial charge in [-0.05, 0) is 51.5 Å². The van der Waals surface area contributed by atoms with Crippen LogP contribution in [0.1, 0.15) is 34.0 Å². The Balaban J connectivity index is 1.53. The van der Waals surface area contributed by atoms with Gasteiger partial charge in [-0.2, -0.15) is 0 Å². The molecule has 0 saturated heterocycles. The first-order valence-corrected chi connectivity index (χ1v) is 11.7. The van der Waals surface area contributed by atoms with Crippen LogP contribution in [0.3, 0.4) is 0 Å². The maximum atomic E-state index is 12.9. The molecule has 0 aliphatic heterocycles. The number of nitrogens with zero attached hydrogens (tertiary/aromatic N) is 2. The van der Waals surface area contributed by atoms with Crippen LogP contribution in [0.2, 0.25) is 0 Å². The summed E-state index contributed by atoms with van der Waals surface area (Å²) < 4.78 is 41.0. The number of esters is 1. The number of hydrogen-bond acceptors (Lipinski definition) is 8. The lowest BCUT2D eigenvalue weighted by Gasteiger charge is -2.08. The highest BCUT2D eigenvalue weighted by Gasteiger charge is 2.22. The fourth-order valence-corrected chi connectivity index (χ4v) is 4.82. The van der Waals surface area contributed by atoms with Gasteiger partial charge < -0.3 is 13.7 Å². The van der Waals surface area contributed by atoms with Crippen LogP contribution in [0.25, 0.3) is 22.4 Å². The number of benzene rings is 1. The van der Waals surface area contributed by atoms with Crippen molar-refractivity contribution in [3.8, 4) is 11.3 Å². The molecule has 0 aliphatic rings. The molecule has 0 fully saturated rings. The summed E-state index contributed by atoms with van der Waals surface area (Å²) in [5.74, 6) is 0.661. The van der Waals surface area contributed by atoms with Crippen molar-refractivity contribution in [3.05, 3.63) is 65.2 Å². The molecule has 4 rings (SSSR count). The van der Waals surface area contributed by atoms with E-state index in [9.17, 15) is 13.2 Å². The Morgan fingerprint density at radius 3 is 2.53 bits per heavy atom. The lowest BCUT2D eigenvalue weighted by Crippen LogP contribution is -2.13. The van der Waals surface area contributed by atoms with E-state index in [2.05, 4.69) is 10.1 Å². The summed E-state index contributed by atoms with van der Waals surface area (Å²) >= 11 is 0. The molecular formula is C23H22N2O6S. The molecule has 0 saturated carbocycles. The summed E-state index contributed by atoms with van der Waals surface area (Å²) in [5.41, 5.74) is 2.23. The first kappa shape index (κ1) is 21.8. The first-order valence-electron chi connectivity index (χ1n) is 10.1. The van der Waals surface area contributed by atoms with Gasteiger partial charge in [-0.15, -0.1) is 0 Å². The van der Waals surface area contributed by atoms with Crippen molar-refractivity contribution in [2.45, 2.75) is 32.1 Å². The highest BCUT2D eigenvalue weighted by Crippen LogP contribution is 2.30.